The molecule has 0 saturated heterocycles. The Kier molecular flexibility index (Phi) is 4.15. The Hall–Kier alpha value is -3.54. The third-order valence-electron chi connectivity index (χ3n) is 4.13. The molecule has 0 aliphatic rings. The summed E-state index contributed by atoms with van der Waals surface area (Å²) in [5.74, 6) is 2.12. The Balaban J connectivity index is 1.88. The summed E-state index contributed by atoms with van der Waals surface area (Å²) in [7, 11) is 3.51. The first-order chi connectivity index (χ1) is 12.8. The van der Waals surface area contributed by atoms with E-state index in [0.29, 0.717) is 11.5 Å². The van der Waals surface area contributed by atoms with E-state index in [1.165, 1.54) is 0 Å². The first-order valence-electron chi connectivity index (χ1n) is 8.19. The van der Waals surface area contributed by atoms with Crippen LogP contribution in [0.5, 0.6) is 5.75 Å². The van der Waals surface area contributed by atoms with E-state index in [2.05, 4.69) is 26.3 Å². The van der Waals surface area contributed by atoms with Crippen molar-refractivity contribution in [2.45, 2.75) is 0 Å². The molecule has 4 rings (SSSR count). The minimum absolute atomic E-state index is 0.540. The SMILES string of the molecule is CNc1nc(-c2cnccn2)nc2cc(-c3cccc(OC)c3)ccc12. The summed E-state index contributed by atoms with van der Waals surface area (Å²) in [6.45, 7) is 0. The highest BCUT2D eigenvalue weighted by atomic mass is 16.5. The van der Waals surface area contributed by atoms with Gasteiger partial charge in [-0.05, 0) is 35.4 Å². The van der Waals surface area contributed by atoms with Crippen LogP contribution in [0, 0.1) is 0 Å². The Morgan fingerprint density at radius 2 is 1.85 bits per heavy atom. The molecule has 0 bridgehead atoms. The summed E-state index contributed by atoms with van der Waals surface area (Å²) in [4.78, 5) is 17.7. The van der Waals surface area contributed by atoms with Crippen molar-refractivity contribution in [3.63, 3.8) is 0 Å². The maximum absolute atomic E-state index is 5.33. The molecule has 26 heavy (non-hydrogen) atoms. The molecule has 128 valence electrons. The van der Waals surface area contributed by atoms with Crippen LogP contribution in [0.3, 0.4) is 0 Å². The average molecular weight is 343 g/mol. The predicted molar refractivity (Wildman–Crippen MR) is 102 cm³/mol. The Morgan fingerprint density at radius 1 is 0.962 bits per heavy atom. The van der Waals surface area contributed by atoms with Gasteiger partial charge < -0.3 is 10.1 Å². The van der Waals surface area contributed by atoms with Crippen LogP contribution in [0.1, 0.15) is 0 Å². The van der Waals surface area contributed by atoms with Gasteiger partial charge >= 0.3 is 0 Å². The quantitative estimate of drug-likeness (QED) is 0.607. The number of benzene rings is 2. The summed E-state index contributed by atoms with van der Waals surface area (Å²) in [5.41, 5.74) is 3.60. The molecule has 0 atom stereocenters. The number of aromatic nitrogens is 4. The second-order valence-corrected chi connectivity index (χ2v) is 5.70. The third-order valence-corrected chi connectivity index (χ3v) is 4.13. The molecule has 0 amide bonds. The van der Waals surface area contributed by atoms with E-state index < -0.39 is 0 Å². The number of fused-ring (bicyclic) bond motifs is 1. The molecular formula is C20H17N5O. The lowest BCUT2D eigenvalue weighted by Crippen LogP contribution is -2.00. The minimum atomic E-state index is 0.540. The molecule has 0 aliphatic carbocycles. The van der Waals surface area contributed by atoms with Gasteiger partial charge in [0.2, 0.25) is 0 Å². The molecule has 0 fully saturated rings. The summed E-state index contributed by atoms with van der Waals surface area (Å²) in [6, 6.07) is 14.1. The molecule has 2 aromatic heterocycles. The molecule has 2 aromatic carbocycles. The van der Waals surface area contributed by atoms with Gasteiger partial charge in [-0.1, -0.05) is 18.2 Å². The molecule has 6 nitrogen and oxygen atoms in total. The van der Waals surface area contributed by atoms with Crippen molar-refractivity contribution in [3.8, 4) is 28.4 Å². The van der Waals surface area contributed by atoms with Crippen LogP contribution in [-0.2, 0) is 0 Å². The van der Waals surface area contributed by atoms with Gasteiger partial charge in [0.05, 0.1) is 18.8 Å². The number of rotatable bonds is 4. The van der Waals surface area contributed by atoms with E-state index in [-0.39, 0.29) is 0 Å². The number of nitrogens with one attached hydrogen (secondary N) is 1. The molecule has 0 saturated carbocycles. The van der Waals surface area contributed by atoms with Crippen molar-refractivity contribution in [1.82, 2.24) is 19.9 Å². The highest BCUT2D eigenvalue weighted by Crippen LogP contribution is 2.30. The number of nitrogens with zero attached hydrogens (tertiary/aromatic N) is 4. The zero-order valence-corrected chi connectivity index (χ0v) is 14.5. The maximum Gasteiger partial charge on any atom is 0.182 e. The van der Waals surface area contributed by atoms with E-state index in [1.807, 2.05) is 43.4 Å². The highest BCUT2D eigenvalue weighted by Gasteiger charge is 2.11. The van der Waals surface area contributed by atoms with Gasteiger partial charge in [0.1, 0.15) is 17.3 Å². The second kappa shape index (κ2) is 6.76. The topological polar surface area (TPSA) is 72.8 Å². The number of methoxy groups -OCH3 is 1. The monoisotopic (exact) mass is 343 g/mol. The van der Waals surface area contributed by atoms with Crippen LogP contribution in [0.25, 0.3) is 33.5 Å². The summed E-state index contributed by atoms with van der Waals surface area (Å²) < 4.78 is 5.33. The van der Waals surface area contributed by atoms with Crippen molar-refractivity contribution in [2.24, 2.45) is 0 Å². The zero-order valence-electron chi connectivity index (χ0n) is 14.5. The maximum atomic E-state index is 5.33. The van der Waals surface area contributed by atoms with Crippen LogP contribution in [-0.4, -0.2) is 34.1 Å². The van der Waals surface area contributed by atoms with Crippen LogP contribution >= 0.6 is 0 Å². The van der Waals surface area contributed by atoms with Crippen molar-refractivity contribution < 1.29 is 4.74 Å². The van der Waals surface area contributed by atoms with Crippen molar-refractivity contribution in [2.75, 3.05) is 19.5 Å². The average Bonchev–Trinajstić information content (AvgIpc) is 2.73. The Labute approximate surface area is 150 Å². The van der Waals surface area contributed by atoms with E-state index in [4.69, 9.17) is 9.72 Å². The fourth-order valence-electron chi connectivity index (χ4n) is 2.83. The molecule has 0 spiro atoms. The molecule has 1 N–H and O–H groups in total. The van der Waals surface area contributed by atoms with Crippen molar-refractivity contribution >= 4 is 16.7 Å². The lowest BCUT2D eigenvalue weighted by molar-refractivity contribution is 0.415. The van der Waals surface area contributed by atoms with Gasteiger partial charge in [0, 0.05) is 24.8 Å². The van der Waals surface area contributed by atoms with E-state index >= 15 is 0 Å². The van der Waals surface area contributed by atoms with Crippen LogP contribution in [0.15, 0.2) is 61.1 Å². The van der Waals surface area contributed by atoms with Gasteiger partial charge in [-0.25, -0.2) is 15.0 Å². The Morgan fingerprint density at radius 3 is 2.62 bits per heavy atom. The van der Waals surface area contributed by atoms with E-state index in [9.17, 15) is 0 Å². The van der Waals surface area contributed by atoms with Gasteiger partial charge in [0.15, 0.2) is 5.82 Å². The van der Waals surface area contributed by atoms with Crippen molar-refractivity contribution in [1.29, 1.82) is 0 Å². The number of hydrogen-bond acceptors (Lipinski definition) is 6. The number of hydrogen-bond donors (Lipinski definition) is 1. The van der Waals surface area contributed by atoms with E-state index in [0.717, 1.165) is 33.6 Å². The van der Waals surface area contributed by atoms with Crippen molar-refractivity contribution in [3.05, 3.63) is 61.1 Å². The summed E-state index contributed by atoms with van der Waals surface area (Å²) >= 11 is 0. The first-order valence-corrected chi connectivity index (χ1v) is 8.19. The van der Waals surface area contributed by atoms with Gasteiger partial charge in [-0.2, -0.15) is 0 Å². The first kappa shape index (κ1) is 16.0. The molecule has 6 heteroatoms. The highest BCUT2D eigenvalue weighted by molar-refractivity contribution is 5.93. The number of ether oxygens (including phenoxy) is 1. The zero-order chi connectivity index (χ0) is 17.9. The molecule has 0 aliphatic heterocycles. The summed E-state index contributed by atoms with van der Waals surface area (Å²) in [6.07, 6.45) is 4.92. The lowest BCUT2D eigenvalue weighted by Gasteiger charge is -2.10. The largest absolute Gasteiger partial charge is 0.497 e. The standard InChI is InChI=1S/C20H17N5O/c1-21-19-16-7-6-14(13-4-3-5-15(10-13)26-2)11-17(16)24-20(25-19)18-12-22-8-9-23-18/h3-12H,1-2H3,(H,21,24,25). The van der Waals surface area contributed by atoms with Crippen LogP contribution < -0.4 is 10.1 Å². The molecule has 0 radical (unpaired) electrons. The van der Waals surface area contributed by atoms with Gasteiger partial charge in [-0.15, -0.1) is 0 Å². The smallest absolute Gasteiger partial charge is 0.182 e. The molecule has 0 unspecified atom stereocenters. The molecular weight excluding hydrogens is 326 g/mol. The second-order valence-electron chi connectivity index (χ2n) is 5.70. The third kappa shape index (κ3) is 2.93. The van der Waals surface area contributed by atoms with Crippen LogP contribution in [0.2, 0.25) is 0 Å². The van der Waals surface area contributed by atoms with Crippen LogP contribution in [0.4, 0.5) is 5.82 Å². The molecule has 2 heterocycles. The minimum Gasteiger partial charge on any atom is -0.497 e. The fraction of sp³-hybridized carbons (Fsp3) is 0.100. The number of anilines is 1. The lowest BCUT2D eigenvalue weighted by atomic mass is 10.0. The normalized spacial score (nSPS) is 10.7. The molecule has 4 aromatic rings. The Bertz CT molecular complexity index is 1070. The van der Waals surface area contributed by atoms with Gasteiger partial charge in [-0.3, -0.25) is 4.98 Å². The van der Waals surface area contributed by atoms with E-state index in [1.54, 1.807) is 25.7 Å². The van der Waals surface area contributed by atoms with Gasteiger partial charge in [0.25, 0.3) is 0 Å². The fourth-order valence-corrected chi connectivity index (χ4v) is 2.83. The predicted octanol–water partition coefficient (Wildman–Crippen LogP) is 3.80. The summed E-state index contributed by atoms with van der Waals surface area (Å²) in [5, 5.41) is 4.09.